The number of pyridine rings is 1. The second-order valence-electron chi connectivity index (χ2n) is 5.32. The summed E-state index contributed by atoms with van der Waals surface area (Å²) >= 11 is 0. The smallest absolute Gasteiger partial charge is 0.255 e. The Bertz CT molecular complexity index is 799. The minimum atomic E-state index is -3.02. The molecule has 0 bridgehead atoms. The van der Waals surface area contributed by atoms with Crippen LogP contribution in [0.4, 0.5) is 0 Å². The lowest BCUT2D eigenvalue weighted by molar-refractivity contribution is 0.0940. The van der Waals surface area contributed by atoms with Crippen LogP contribution in [-0.4, -0.2) is 46.6 Å². The number of amides is 1. The third-order valence-corrected chi connectivity index (χ3v) is 5.46. The van der Waals surface area contributed by atoms with Crippen LogP contribution in [0.3, 0.4) is 0 Å². The number of carbonyl (C=O) groups is 1. The summed E-state index contributed by atoms with van der Waals surface area (Å²) in [4.78, 5) is 16.5. The van der Waals surface area contributed by atoms with Crippen LogP contribution in [0.5, 0.6) is 0 Å². The first kappa shape index (κ1) is 14.7. The highest BCUT2D eigenvalue weighted by atomic mass is 32.2. The van der Waals surface area contributed by atoms with Gasteiger partial charge in [0.1, 0.15) is 0 Å². The van der Waals surface area contributed by atoms with E-state index in [1.807, 2.05) is 6.07 Å². The summed E-state index contributed by atoms with van der Waals surface area (Å²) in [7, 11) is -3.02. The van der Waals surface area contributed by atoms with Gasteiger partial charge in [0, 0.05) is 12.2 Å². The molecule has 1 aliphatic rings. The molecule has 8 heteroatoms. The van der Waals surface area contributed by atoms with Gasteiger partial charge in [-0.05, 0) is 25.5 Å². The quantitative estimate of drug-likeness (QED) is 0.888. The molecule has 0 saturated carbocycles. The van der Waals surface area contributed by atoms with E-state index >= 15 is 0 Å². The molecule has 2 aromatic rings. The van der Waals surface area contributed by atoms with Crippen molar-refractivity contribution in [2.45, 2.75) is 19.4 Å². The third-order valence-electron chi connectivity index (χ3n) is 3.69. The Hall–Kier alpha value is -2.22. The molecule has 3 rings (SSSR count). The molecule has 1 fully saturated rings. The predicted molar refractivity (Wildman–Crippen MR) is 80.6 cm³/mol. The molecule has 0 aromatic carbocycles. The molecule has 1 saturated heterocycles. The molecule has 22 heavy (non-hydrogen) atoms. The topological polar surface area (TPSA) is 94.0 Å². The van der Waals surface area contributed by atoms with Crippen LogP contribution in [0, 0.1) is 6.92 Å². The number of sulfone groups is 1. The van der Waals surface area contributed by atoms with Gasteiger partial charge in [-0.1, -0.05) is 6.07 Å². The first-order valence-corrected chi connectivity index (χ1v) is 8.76. The van der Waals surface area contributed by atoms with E-state index in [4.69, 9.17) is 0 Å². The van der Waals surface area contributed by atoms with Crippen molar-refractivity contribution in [1.82, 2.24) is 20.1 Å². The van der Waals surface area contributed by atoms with Gasteiger partial charge in [0.2, 0.25) is 0 Å². The molecule has 2 aromatic heterocycles. The maximum Gasteiger partial charge on any atom is 0.255 e. The lowest BCUT2D eigenvalue weighted by Crippen LogP contribution is -2.35. The van der Waals surface area contributed by atoms with E-state index in [0.29, 0.717) is 23.5 Å². The molecule has 116 valence electrons. The zero-order chi connectivity index (χ0) is 15.7. The normalized spacial score (nSPS) is 20.0. The average molecular weight is 320 g/mol. The molecular formula is C14H16N4O3S. The zero-order valence-corrected chi connectivity index (χ0v) is 12.9. The third kappa shape index (κ3) is 2.87. The van der Waals surface area contributed by atoms with E-state index in [2.05, 4.69) is 15.4 Å². The Balaban J connectivity index is 1.78. The van der Waals surface area contributed by atoms with Crippen LogP contribution in [0.1, 0.15) is 22.5 Å². The minimum absolute atomic E-state index is 0.00612. The van der Waals surface area contributed by atoms with Crippen molar-refractivity contribution in [1.29, 1.82) is 0 Å². The van der Waals surface area contributed by atoms with E-state index < -0.39 is 9.84 Å². The summed E-state index contributed by atoms with van der Waals surface area (Å²) in [6.07, 6.45) is 3.59. The number of nitrogens with one attached hydrogen (secondary N) is 1. The number of carbonyl (C=O) groups excluding carboxylic acids is 1. The van der Waals surface area contributed by atoms with Crippen LogP contribution in [-0.2, 0) is 9.84 Å². The van der Waals surface area contributed by atoms with Crippen molar-refractivity contribution in [2.75, 3.05) is 11.5 Å². The van der Waals surface area contributed by atoms with Gasteiger partial charge < -0.3 is 5.32 Å². The summed E-state index contributed by atoms with van der Waals surface area (Å²) < 4.78 is 24.5. The van der Waals surface area contributed by atoms with Gasteiger partial charge in [-0.3, -0.25) is 4.79 Å². The highest BCUT2D eigenvalue weighted by molar-refractivity contribution is 7.91. The molecule has 3 heterocycles. The van der Waals surface area contributed by atoms with E-state index in [-0.39, 0.29) is 23.5 Å². The van der Waals surface area contributed by atoms with Gasteiger partial charge in [-0.15, -0.1) is 0 Å². The molecule has 1 N–H and O–H groups in total. The molecule has 1 amide bonds. The van der Waals surface area contributed by atoms with Crippen molar-refractivity contribution in [3.05, 3.63) is 41.9 Å². The summed E-state index contributed by atoms with van der Waals surface area (Å²) in [6.45, 7) is 1.78. The fourth-order valence-corrected chi connectivity index (χ4v) is 4.19. The van der Waals surface area contributed by atoms with Crippen molar-refractivity contribution in [2.24, 2.45) is 0 Å². The number of hydrogen-bond acceptors (Lipinski definition) is 5. The van der Waals surface area contributed by atoms with Crippen LogP contribution >= 0.6 is 0 Å². The van der Waals surface area contributed by atoms with Crippen LogP contribution in [0.15, 0.2) is 30.6 Å². The van der Waals surface area contributed by atoms with Crippen molar-refractivity contribution >= 4 is 15.7 Å². The van der Waals surface area contributed by atoms with Crippen LogP contribution in [0.25, 0.3) is 5.82 Å². The van der Waals surface area contributed by atoms with E-state index in [9.17, 15) is 13.2 Å². The highest BCUT2D eigenvalue weighted by Gasteiger charge is 2.29. The lowest BCUT2D eigenvalue weighted by atomic mass is 10.2. The molecule has 1 atom stereocenters. The highest BCUT2D eigenvalue weighted by Crippen LogP contribution is 2.15. The lowest BCUT2D eigenvalue weighted by Gasteiger charge is -2.10. The molecule has 0 radical (unpaired) electrons. The number of nitrogens with zero attached hydrogens (tertiary/aromatic N) is 3. The van der Waals surface area contributed by atoms with Crippen molar-refractivity contribution in [3.8, 4) is 5.82 Å². The minimum Gasteiger partial charge on any atom is -0.348 e. The first-order valence-electron chi connectivity index (χ1n) is 6.93. The van der Waals surface area contributed by atoms with Gasteiger partial charge in [-0.2, -0.15) is 5.10 Å². The van der Waals surface area contributed by atoms with E-state index in [1.54, 1.807) is 29.9 Å². The van der Waals surface area contributed by atoms with Crippen molar-refractivity contribution in [3.63, 3.8) is 0 Å². The van der Waals surface area contributed by atoms with E-state index in [1.165, 1.54) is 6.20 Å². The summed E-state index contributed by atoms with van der Waals surface area (Å²) in [5.74, 6) is 0.459. The van der Waals surface area contributed by atoms with Gasteiger partial charge in [-0.25, -0.2) is 18.1 Å². The number of rotatable bonds is 3. The second kappa shape index (κ2) is 5.53. The maximum atomic E-state index is 12.3. The largest absolute Gasteiger partial charge is 0.348 e. The van der Waals surface area contributed by atoms with Gasteiger partial charge in [0.25, 0.3) is 5.91 Å². The Labute approximate surface area is 128 Å². The average Bonchev–Trinajstić information content (AvgIpc) is 3.02. The van der Waals surface area contributed by atoms with Crippen LogP contribution < -0.4 is 5.32 Å². The molecular weight excluding hydrogens is 304 g/mol. The Morgan fingerprint density at radius 1 is 1.41 bits per heavy atom. The van der Waals surface area contributed by atoms with Crippen LogP contribution in [0.2, 0.25) is 0 Å². The summed E-state index contributed by atoms with van der Waals surface area (Å²) in [6, 6.07) is 5.11. The molecule has 0 aliphatic carbocycles. The fourth-order valence-electron chi connectivity index (χ4n) is 2.51. The van der Waals surface area contributed by atoms with E-state index in [0.717, 1.165) is 0 Å². The van der Waals surface area contributed by atoms with Gasteiger partial charge >= 0.3 is 0 Å². The second-order valence-corrected chi connectivity index (χ2v) is 7.55. The van der Waals surface area contributed by atoms with Crippen molar-refractivity contribution < 1.29 is 13.2 Å². The summed E-state index contributed by atoms with van der Waals surface area (Å²) in [5.41, 5.74) is 1.09. The van der Waals surface area contributed by atoms with Gasteiger partial charge in [0.15, 0.2) is 15.7 Å². The summed E-state index contributed by atoms with van der Waals surface area (Å²) in [5, 5.41) is 6.95. The Morgan fingerprint density at radius 2 is 2.23 bits per heavy atom. The molecule has 1 unspecified atom stereocenters. The first-order chi connectivity index (χ1) is 10.5. The molecule has 0 spiro atoms. The predicted octanol–water partition coefficient (Wildman–Crippen LogP) is 0.493. The molecule has 1 aliphatic heterocycles. The monoisotopic (exact) mass is 320 g/mol. The SMILES string of the molecule is Cc1c(C(=O)NC2CCS(=O)(=O)C2)cnn1-c1ccccn1. The fraction of sp³-hybridized carbons (Fsp3) is 0.357. The maximum absolute atomic E-state index is 12.3. The molecule has 7 nitrogen and oxygen atoms in total. The number of aromatic nitrogens is 3. The standard InChI is InChI=1S/C14H16N4O3S/c1-10-12(8-16-18(10)13-4-2-3-6-15-13)14(19)17-11-5-7-22(20,21)9-11/h2-4,6,8,11H,5,7,9H2,1H3,(H,17,19). The Kier molecular flexibility index (Phi) is 3.69. The Morgan fingerprint density at radius 3 is 2.86 bits per heavy atom. The zero-order valence-electron chi connectivity index (χ0n) is 12.1. The number of hydrogen-bond donors (Lipinski definition) is 1. The van der Waals surface area contributed by atoms with Gasteiger partial charge in [0.05, 0.1) is 29.0 Å².